The molecule has 0 saturated heterocycles. The van der Waals surface area contributed by atoms with Gasteiger partial charge in [-0.1, -0.05) is 30.3 Å². The van der Waals surface area contributed by atoms with Gasteiger partial charge in [-0.2, -0.15) is 0 Å². The van der Waals surface area contributed by atoms with Crippen LogP contribution >= 0.6 is 0 Å². The topological polar surface area (TPSA) is 64.6 Å². The Kier molecular flexibility index (Phi) is 5.14. The molecule has 2 aromatic carbocycles. The van der Waals surface area contributed by atoms with Gasteiger partial charge < -0.3 is 14.8 Å². The van der Waals surface area contributed by atoms with E-state index in [2.05, 4.69) is 5.32 Å². The molecule has 114 valence electrons. The molecule has 0 aliphatic rings. The molecule has 0 radical (unpaired) electrons. The highest BCUT2D eigenvalue weighted by Gasteiger charge is 2.17. The van der Waals surface area contributed by atoms with Gasteiger partial charge in [-0.05, 0) is 25.1 Å². The number of carbonyl (C=O) groups is 2. The van der Waals surface area contributed by atoms with Gasteiger partial charge in [0, 0.05) is 12.1 Å². The molecule has 0 unspecified atom stereocenters. The lowest BCUT2D eigenvalue weighted by Crippen LogP contribution is -2.26. The van der Waals surface area contributed by atoms with Crippen LogP contribution in [-0.2, 0) is 0 Å². The third-order valence-electron chi connectivity index (χ3n) is 2.99. The Morgan fingerprint density at radius 2 is 1.82 bits per heavy atom. The molecule has 0 fully saturated rings. The van der Waals surface area contributed by atoms with Crippen LogP contribution < -0.4 is 14.8 Å². The zero-order valence-electron chi connectivity index (χ0n) is 12.5. The quantitative estimate of drug-likeness (QED) is 0.862. The fourth-order valence-corrected chi connectivity index (χ4v) is 1.93. The maximum atomic E-state index is 12.6. The number of methoxy groups -OCH3 is 1. The molecule has 0 aliphatic carbocycles. The summed E-state index contributed by atoms with van der Waals surface area (Å²) < 4.78 is 10.3. The Morgan fingerprint density at radius 1 is 1.09 bits per heavy atom. The second-order valence-electron chi connectivity index (χ2n) is 4.48. The van der Waals surface area contributed by atoms with Crippen LogP contribution in [0.2, 0.25) is 0 Å². The maximum Gasteiger partial charge on any atom is 0.412 e. The summed E-state index contributed by atoms with van der Waals surface area (Å²) >= 11 is 0. The number of hydrogen-bond acceptors (Lipinski definition) is 4. The second kappa shape index (κ2) is 7.26. The van der Waals surface area contributed by atoms with Crippen LogP contribution in [0.5, 0.6) is 11.5 Å². The van der Waals surface area contributed by atoms with Gasteiger partial charge in [0.05, 0.1) is 12.7 Å². The fraction of sp³-hybridized carbons (Fsp3) is 0.176. The van der Waals surface area contributed by atoms with Crippen molar-refractivity contribution in [3.63, 3.8) is 0 Å². The average molecular weight is 299 g/mol. The van der Waals surface area contributed by atoms with E-state index < -0.39 is 6.09 Å². The molecular formula is C17H17NO4. The number of benzene rings is 2. The maximum absolute atomic E-state index is 12.6. The lowest BCUT2D eigenvalue weighted by Gasteiger charge is -2.11. The summed E-state index contributed by atoms with van der Waals surface area (Å²) in [5.41, 5.74) is 0.785. The van der Waals surface area contributed by atoms with Gasteiger partial charge in [-0.3, -0.25) is 4.79 Å². The smallest absolute Gasteiger partial charge is 0.412 e. The minimum absolute atomic E-state index is 0.195. The van der Waals surface area contributed by atoms with E-state index in [1.165, 1.54) is 7.11 Å². The van der Waals surface area contributed by atoms with Crippen molar-refractivity contribution in [2.24, 2.45) is 0 Å². The number of ether oxygens (including phenoxy) is 2. The van der Waals surface area contributed by atoms with Gasteiger partial charge in [0.15, 0.2) is 5.78 Å². The van der Waals surface area contributed by atoms with Crippen molar-refractivity contribution in [2.75, 3.05) is 13.7 Å². The highest BCUT2D eigenvalue weighted by atomic mass is 16.6. The predicted octanol–water partition coefficient (Wildman–Crippen LogP) is 3.03. The average Bonchev–Trinajstić information content (AvgIpc) is 2.55. The van der Waals surface area contributed by atoms with Crippen molar-refractivity contribution in [1.29, 1.82) is 0 Å². The van der Waals surface area contributed by atoms with Gasteiger partial charge in [-0.25, -0.2) is 4.79 Å². The van der Waals surface area contributed by atoms with Crippen molar-refractivity contribution in [3.8, 4) is 11.5 Å². The van der Waals surface area contributed by atoms with Crippen molar-refractivity contribution >= 4 is 11.9 Å². The van der Waals surface area contributed by atoms with Gasteiger partial charge in [0.1, 0.15) is 11.5 Å². The molecule has 5 nitrogen and oxygen atoms in total. The molecule has 1 amide bonds. The van der Waals surface area contributed by atoms with E-state index in [-0.39, 0.29) is 17.1 Å². The summed E-state index contributed by atoms with van der Waals surface area (Å²) in [6, 6.07) is 13.5. The van der Waals surface area contributed by atoms with Crippen molar-refractivity contribution in [1.82, 2.24) is 5.32 Å². The molecule has 2 aromatic rings. The Morgan fingerprint density at radius 3 is 2.45 bits per heavy atom. The SMILES string of the molecule is CCNC(=O)Oc1ccc(OC)cc1C(=O)c1ccccc1. The Balaban J connectivity index is 2.38. The van der Waals surface area contributed by atoms with Crippen LogP contribution in [0.1, 0.15) is 22.8 Å². The van der Waals surface area contributed by atoms with Crippen LogP contribution in [0.4, 0.5) is 4.79 Å². The number of carbonyl (C=O) groups excluding carboxylic acids is 2. The molecule has 0 atom stereocenters. The second-order valence-corrected chi connectivity index (χ2v) is 4.48. The standard InChI is InChI=1S/C17H17NO4/c1-3-18-17(20)22-15-10-9-13(21-2)11-14(15)16(19)12-7-5-4-6-8-12/h4-11H,3H2,1-2H3,(H,18,20). The minimum Gasteiger partial charge on any atom is -0.497 e. The predicted molar refractivity (Wildman–Crippen MR) is 82.6 cm³/mol. The van der Waals surface area contributed by atoms with E-state index >= 15 is 0 Å². The number of hydrogen-bond donors (Lipinski definition) is 1. The van der Waals surface area contributed by atoms with Gasteiger partial charge in [-0.15, -0.1) is 0 Å². The van der Waals surface area contributed by atoms with E-state index in [1.807, 2.05) is 6.07 Å². The van der Waals surface area contributed by atoms with Crippen molar-refractivity contribution in [2.45, 2.75) is 6.92 Å². The molecule has 0 aliphatic heterocycles. The first-order chi connectivity index (χ1) is 10.7. The van der Waals surface area contributed by atoms with Crippen LogP contribution in [0.3, 0.4) is 0 Å². The Bertz CT molecular complexity index is 668. The molecule has 2 rings (SSSR count). The zero-order valence-corrected chi connectivity index (χ0v) is 12.5. The van der Waals surface area contributed by atoms with Crippen LogP contribution in [-0.4, -0.2) is 25.5 Å². The molecule has 0 heterocycles. The third-order valence-corrected chi connectivity index (χ3v) is 2.99. The molecule has 0 saturated carbocycles. The third kappa shape index (κ3) is 3.63. The van der Waals surface area contributed by atoms with Gasteiger partial charge in [0.25, 0.3) is 0 Å². The highest BCUT2D eigenvalue weighted by molar-refractivity contribution is 6.11. The Labute approximate surface area is 128 Å². The molecule has 5 heteroatoms. The molecule has 0 spiro atoms. The summed E-state index contributed by atoms with van der Waals surface area (Å²) in [5.74, 6) is 0.474. The van der Waals surface area contributed by atoms with Crippen LogP contribution in [0, 0.1) is 0 Å². The summed E-state index contributed by atoms with van der Waals surface area (Å²) in [7, 11) is 1.51. The molecule has 0 aromatic heterocycles. The summed E-state index contributed by atoms with van der Waals surface area (Å²) in [5, 5.41) is 2.52. The number of rotatable bonds is 5. The first-order valence-electron chi connectivity index (χ1n) is 6.89. The van der Waals surface area contributed by atoms with E-state index in [0.717, 1.165) is 0 Å². The molecule has 0 bridgehead atoms. The van der Waals surface area contributed by atoms with E-state index in [1.54, 1.807) is 49.4 Å². The van der Waals surface area contributed by atoms with Crippen molar-refractivity contribution < 1.29 is 19.1 Å². The van der Waals surface area contributed by atoms with E-state index in [9.17, 15) is 9.59 Å². The first-order valence-corrected chi connectivity index (χ1v) is 6.89. The monoisotopic (exact) mass is 299 g/mol. The van der Waals surface area contributed by atoms with E-state index in [4.69, 9.17) is 9.47 Å². The number of ketones is 1. The Hall–Kier alpha value is -2.82. The lowest BCUT2D eigenvalue weighted by molar-refractivity contribution is 0.103. The molecule has 1 N–H and O–H groups in total. The van der Waals surface area contributed by atoms with Crippen LogP contribution in [0.25, 0.3) is 0 Å². The molecular weight excluding hydrogens is 282 g/mol. The van der Waals surface area contributed by atoms with Crippen LogP contribution in [0.15, 0.2) is 48.5 Å². The summed E-state index contributed by atoms with van der Waals surface area (Å²) in [6.45, 7) is 2.22. The molecule has 22 heavy (non-hydrogen) atoms. The number of nitrogens with one attached hydrogen (secondary N) is 1. The fourth-order valence-electron chi connectivity index (χ4n) is 1.93. The normalized spacial score (nSPS) is 9.91. The van der Waals surface area contributed by atoms with Gasteiger partial charge in [0.2, 0.25) is 0 Å². The van der Waals surface area contributed by atoms with Crippen molar-refractivity contribution in [3.05, 3.63) is 59.7 Å². The highest BCUT2D eigenvalue weighted by Crippen LogP contribution is 2.26. The van der Waals surface area contributed by atoms with E-state index in [0.29, 0.717) is 17.9 Å². The summed E-state index contributed by atoms with van der Waals surface area (Å²) in [6.07, 6.45) is -0.602. The number of amides is 1. The largest absolute Gasteiger partial charge is 0.497 e. The van der Waals surface area contributed by atoms with Gasteiger partial charge >= 0.3 is 6.09 Å². The first kappa shape index (κ1) is 15.6. The zero-order chi connectivity index (χ0) is 15.9. The summed E-state index contributed by atoms with van der Waals surface area (Å²) in [4.78, 5) is 24.2. The minimum atomic E-state index is -0.602. The lowest BCUT2D eigenvalue weighted by atomic mass is 10.0.